The summed E-state index contributed by atoms with van der Waals surface area (Å²) in [6, 6.07) is 6.19. The van der Waals surface area contributed by atoms with Crippen LogP contribution in [-0.2, 0) is 16.4 Å². The zero-order chi connectivity index (χ0) is 22.3. The average Bonchev–Trinajstić information content (AvgIpc) is 3.02. The van der Waals surface area contributed by atoms with Crippen LogP contribution < -0.4 is 10.5 Å². The van der Waals surface area contributed by atoms with Gasteiger partial charge in [-0.15, -0.1) is 0 Å². The summed E-state index contributed by atoms with van der Waals surface area (Å²) >= 11 is 11.6. The number of para-hydroxylation sites is 1. The predicted octanol–water partition coefficient (Wildman–Crippen LogP) is 4.38. The van der Waals surface area contributed by atoms with Crippen molar-refractivity contribution in [1.82, 2.24) is 9.71 Å². The fourth-order valence-electron chi connectivity index (χ4n) is 3.03. The first-order chi connectivity index (χ1) is 13.9. The zero-order valence-electron chi connectivity index (χ0n) is 14.9. The van der Waals surface area contributed by atoms with Gasteiger partial charge in [0.25, 0.3) is 0 Å². The molecule has 0 aliphatic rings. The molecule has 0 aliphatic heterocycles. The van der Waals surface area contributed by atoms with Gasteiger partial charge in [0.1, 0.15) is 17.0 Å². The number of rotatable bonds is 5. The normalized spacial score (nSPS) is 13.3. The molecule has 2 aromatic carbocycles. The number of hydrogen-bond donors (Lipinski definition) is 3. The van der Waals surface area contributed by atoms with Gasteiger partial charge in [0, 0.05) is 16.6 Å². The van der Waals surface area contributed by atoms with Gasteiger partial charge in [-0.2, -0.15) is 23.2 Å². The first-order valence-corrected chi connectivity index (χ1v) is 10.5. The number of halogens is 5. The quantitative estimate of drug-likeness (QED) is 0.474. The van der Waals surface area contributed by atoms with E-state index >= 15 is 0 Å². The van der Waals surface area contributed by atoms with Crippen LogP contribution in [0.2, 0.25) is 10.0 Å². The third kappa shape index (κ3) is 4.34. The molecule has 3 aromatic rings. The zero-order valence-corrected chi connectivity index (χ0v) is 17.2. The number of nitrogens with two attached hydrogens (primary N) is 1. The van der Waals surface area contributed by atoms with Crippen LogP contribution in [0, 0.1) is 11.3 Å². The fourth-order valence-corrected chi connectivity index (χ4v) is 5.24. The molecular formula is C18H13Cl2F3N4O2S. The van der Waals surface area contributed by atoms with Crippen molar-refractivity contribution in [2.75, 3.05) is 5.73 Å². The number of nitrogen functional groups attached to an aromatic ring is 1. The Morgan fingerprint density at radius 3 is 2.57 bits per heavy atom. The molecule has 1 heterocycles. The van der Waals surface area contributed by atoms with Crippen molar-refractivity contribution >= 4 is 49.8 Å². The summed E-state index contributed by atoms with van der Waals surface area (Å²) in [5, 5.41) is 9.15. The molecule has 3 rings (SSSR count). The molecule has 1 aromatic heterocycles. The second-order valence-electron chi connectivity index (χ2n) is 6.38. The summed E-state index contributed by atoms with van der Waals surface area (Å²) in [4.78, 5) is 2.07. The van der Waals surface area contributed by atoms with E-state index in [1.165, 1.54) is 24.4 Å². The number of benzene rings is 2. The van der Waals surface area contributed by atoms with Crippen LogP contribution in [0.4, 0.5) is 18.9 Å². The minimum atomic E-state index is -4.92. The third-order valence-corrected chi connectivity index (χ3v) is 6.56. The van der Waals surface area contributed by atoms with Crippen LogP contribution in [0.5, 0.6) is 0 Å². The highest BCUT2D eigenvalue weighted by Gasteiger charge is 2.43. The molecule has 0 aliphatic carbocycles. The lowest BCUT2D eigenvalue weighted by Gasteiger charge is -2.22. The number of anilines is 1. The van der Waals surface area contributed by atoms with Crippen molar-refractivity contribution in [3.8, 4) is 6.07 Å². The Bertz CT molecular complexity index is 1240. The van der Waals surface area contributed by atoms with E-state index in [4.69, 9.17) is 34.2 Å². The molecule has 12 heteroatoms. The fraction of sp³-hybridized carbons (Fsp3) is 0.167. The van der Waals surface area contributed by atoms with Gasteiger partial charge in [0.15, 0.2) is 0 Å². The maximum absolute atomic E-state index is 13.7. The summed E-state index contributed by atoms with van der Waals surface area (Å²) in [5.74, 6) is 0. The van der Waals surface area contributed by atoms with E-state index in [-0.39, 0.29) is 21.8 Å². The largest absolute Gasteiger partial charge is 0.405 e. The third-order valence-electron chi connectivity index (χ3n) is 4.34. The molecule has 0 saturated carbocycles. The second kappa shape index (κ2) is 8.00. The topological polar surface area (TPSA) is 112 Å². The lowest BCUT2D eigenvalue weighted by molar-refractivity contribution is -0.150. The van der Waals surface area contributed by atoms with Crippen LogP contribution in [0.3, 0.4) is 0 Å². The summed E-state index contributed by atoms with van der Waals surface area (Å²) in [5.41, 5.74) is 6.05. The number of hydrogen-bond acceptors (Lipinski definition) is 4. The van der Waals surface area contributed by atoms with Gasteiger partial charge >= 0.3 is 6.18 Å². The maximum Gasteiger partial charge on any atom is 0.405 e. The Balaban J connectivity index is 2.00. The van der Waals surface area contributed by atoms with Crippen molar-refractivity contribution < 1.29 is 21.6 Å². The summed E-state index contributed by atoms with van der Waals surface area (Å²) in [7, 11) is -4.74. The number of aromatic nitrogens is 1. The molecule has 30 heavy (non-hydrogen) atoms. The van der Waals surface area contributed by atoms with Gasteiger partial charge in [-0.1, -0.05) is 35.3 Å². The summed E-state index contributed by atoms with van der Waals surface area (Å²) < 4.78 is 68.1. The number of nitriles is 1. The van der Waals surface area contributed by atoms with E-state index in [9.17, 15) is 21.6 Å². The first-order valence-electron chi connectivity index (χ1n) is 8.26. The van der Waals surface area contributed by atoms with E-state index in [0.717, 1.165) is 12.1 Å². The van der Waals surface area contributed by atoms with Gasteiger partial charge < -0.3 is 10.7 Å². The number of sulfonamides is 1. The van der Waals surface area contributed by atoms with Gasteiger partial charge in [0.05, 0.1) is 21.8 Å². The van der Waals surface area contributed by atoms with Crippen molar-refractivity contribution in [2.45, 2.75) is 23.5 Å². The van der Waals surface area contributed by atoms with E-state index in [2.05, 4.69) is 4.98 Å². The molecule has 158 valence electrons. The number of aromatic amines is 1. The number of H-pyrrole nitrogens is 1. The Morgan fingerprint density at radius 1 is 1.27 bits per heavy atom. The molecule has 0 amide bonds. The van der Waals surface area contributed by atoms with Crippen LogP contribution in [-0.4, -0.2) is 25.6 Å². The first kappa shape index (κ1) is 22.2. The molecule has 0 fully saturated rings. The van der Waals surface area contributed by atoms with Crippen LogP contribution >= 0.6 is 23.2 Å². The standard InChI is InChI=1S/C18H13Cl2F3N4O2S/c19-11-5-13(20)17(14(25)6-11)30(28,29)27-15(18(21,22)23)4-10-8-26-16-9(7-24)2-1-3-12(10)16/h1-3,5-6,8,15,26-27H,4,25H2. The van der Waals surface area contributed by atoms with Crippen molar-refractivity contribution in [1.29, 1.82) is 5.26 Å². The molecule has 0 bridgehead atoms. The molecule has 0 spiro atoms. The van der Waals surface area contributed by atoms with Crippen molar-refractivity contribution in [2.24, 2.45) is 0 Å². The molecular weight excluding hydrogens is 464 g/mol. The summed E-state index contributed by atoms with van der Waals surface area (Å²) in [6.07, 6.45) is -4.33. The molecule has 1 unspecified atom stereocenters. The van der Waals surface area contributed by atoms with Gasteiger partial charge in [0.2, 0.25) is 10.0 Å². The van der Waals surface area contributed by atoms with Crippen LogP contribution in [0.1, 0.15) is 11.1 Å². The highest BCUT2D eigenvalue weighted by Crippen LogP contribution is 2.33. The predicted molar refractivity (Wildman–Crippen MR) is 108 cm³/mol. The van der Waals surface area contributed by atoms with E-state index in [0.29, 0.717) is 10.9 Å². The lowest BCUT2D eigenvalue weighted by atomic mass is 10.0. The Hall–Kier alpha value is -2.45. The molecule has 1 atom stereocenters. The van der Waals surface area contributed by atoms with Gasteiger partial charge in [-0.05, 0) is 30.2 Å². The van der Waals surface area contributed by atoms with E-state index in [1.54, 1.807) is 4.72 Å². The van der Waals surface area contributed by atoms with Crippen LogP contribution in [0.15, 0.2) is 41.4 Å². The minimum absolute atomic E-state index is 0.0379. The lowest BCUT2D eigenvalue weighted by Crippen LogP contribution is -2.46. The summed E-state index contributed by atoms with van der Waals surface area (Å²) in [6.45, 7) is 0. The SMILES string of the molecule is N#Cc1cccc2c(CC(NS(=O)(=O)c3c(N)cc(Cl)cc3Cl)C(F)(F)F)c[nH]c12. The minimum Gasteiger partial charge on any atom is -0.398 e. The Labute approximate surface area is 179 Å². The van der Waals surface area contributed by atoms with Crippen molar-refractivity contribution in [3.05, 3.63) is 57.7 Å². The Morgan fingerprint density at radius 2 is 1.97 bits per heavy atom. The molecule has 0 saturated heterocycles. The number of nitrogens with one attached hydrogen (secondary N) is 2. The Kier molecular flexibility index (Phi) is 5.93. The monoisotopic (exact) mass is 476 g/mol. The van der Waals surface area contributed by atoms with Crippen molar-refractivity contribution in [3.63, 3.8) is 0 Å². The maximum atomic E-state index is 13.7. The van der Waals surface area contributed by atoms with E-state index < -0.39 is 38.6 Å². The average molecular weight is 477 g/mol. The number of nitrogens with zero attached hydrogens (tertiary/aromatic N) is 1. The molecule has 0 radical (unpaired) electrons. The molecule has 4 N–H and O–H groups in total. The smallest absolute Gasteiger partial charge is 0.398 e. The number of alkyl halides is 3. The number of fused-ring (bicyclic) bond motifs is 1. The van der Waals surface area contributed by atoms with Crippen LogP contribution in [0.25, 0.3) is 10.9 Å². The molecule has 6 nitrogen and oxygen atoms in total. The van der Waals surface area contributed by atoms with Gasteiger partial charge in [-0.25, -0.2) is 8.42 Å². The highest BCUT2D eigenvalue weighted by molar-refractivity contribution is 7.89. The van der Waals surface area contributed by atoms with Gasteiger partial charge in [-0.3, -0.25) is 0 Å². The highest BCUT2D eigenvalue weighted by atomic mass is 35.5. The second-order valence-corrected chi connectivity index (χ2v) is 8.87. The van der Waals surface area contributed by atoms with E-state index in [1.807, 2.05) is 6.07 Å².